The maximum absolute atomic E-state index is 12.9. The summed E-state index contributed by atoms with van der Waals surface area (Å²) < 4.78 is 20.9. The quantitative estimate of drug-likeness (QED) is 0.528. The number of aromatic nitrogens is 4. The highest BCUT2D eigenvalue weighted by Crippen LogP contribution is 2.17. The minimum atomic E-state index is -0.364. The lowest BCUT2D eigenvalue weighted by atomic mass is 10.2. The SMILES string of the molecule is COc1ccc(-n2ncc3c(=O)n(CC(=O)NCc4ccc(F)cc4)cnc32)cc1. The molecule has 1 N–H and O–H groups in total. The second kappa shape index (κ2) is 8.16. The van der Waals surface area contributed by atoms with Gasteiger partial charge in [-0.15, -0.1) is 0 Å². The van der Waals surface area contributed by atoms with Crippen molar-refractivity contribution in [3.8, 4) is 11.4 Å². The molecule has 8 nitrogen and oxygen atoms in total. The Morgan fingerprint density at radius 3 is 2.57 bits per heavy atom. The van der Waals surface area contributed by atoms with E-state index in [9.17, 15) is 14.0 Å². The van der Waals surface area contributed by atoms with Gasteiger partial charge in [0.1, 0.15) is 29.8 Å². The van der Waals surface area contributed by atoms with Gasteiger partial charge >= 0.3 is 0 Å². The average molecular weight is 407 g/mol. The molecular formula is C21H18FN5O3. The second-order valence-corrected chi connectivity index (χ2v) is 6.57. The van der Waals surface area contributed by atoms with Crippen LogP contribution >= 0.6 is 0 Å². The normalized spacial score (nSPS) is 10.9. The van der Waals surface area contributed by atoms with Crippen LogP contribution in [0.5, 0.6) is 5.75 Å². The van der Waals surface area contributed by atoms with E-state index in [2.05, 4.69) is 15.4 Å². The summed E-state index contributed by atoms with van der Waals surface area (Å²) in [6.07, 6.45) is 2.76. The van der Waals surface area contributed by atoms with Crippen LogP contribution in [-0.4, -0.2) is 32.3 Å². The van der Waals surface area contributed by atoms with Crippen molar-refractivity contribution in [2.24, 2.45) is 0 Å². The summed E-state index contributed by atoms with van der Waals surface area (Å²) in [6.45, 7) is 0.0512. The van der Waals surface area contributed by atoms with Crippen molar-refractivity contribution in [1.29, 1.82) is 0 Å². The lowest BCUT2D eigenvalue weighted by molar-refractivity contribution is -0.121. The molecule has 2 heterocycles. The zero-order valence-corrected chi connectivity index (χ0v) is 16.1. The number of carbonyl (C=O) groups excluding carboxylic acids is 1. The van der Waals surface area contributed by atoms with E-state index in [4.69, 9.17) is 4.74 Å². The molecule has 4 rings (SSSR count). The van der Waals surface area contributed by atoms with Crippen molar-refractivity contribution in [1.82, 2.24) is 24.6 Å². The number of nitrogens with zero attached hydrogens (tertiary/aromatic N) is 4. The Balaban J connectivity index is 1.51. The van der Waals surface area contributed by atoms with Crippen LogP contribution in [0.4, 0.5) is 4.39 Å². The summed E-state index contributed by atoms with van der Waals surface area (Å²) in [5.41, 5.74) is 1.52. The van der Waals surface area contributed by atoms with Crippen molar-refractivity contribution >= 4 is 16.9 Å². The summed E-state index contributed by atoms with van der Waals surface area (Å²) in [5.74, 6) is 0.00786. The lowest BCUT2D eigenvalue weighted by Crippen LogP contribution is -2.32. The topological polar surface area (TPSA) is 91.0 Å². The van der Waals surface area contributed by atoms with Gasteiger partial charge in [0.15, 0.2) is 5.65 Å². The molecule has 2 aromatic carbocycles. The summed E-state index contributed by atoms with van der Waals surface area (Å²) >= 11 is 0. The van der Waals surface area contributed by atoms with Gasteiger partial charge in [0.2, 0.25) is 5.91 Å². The van der Waals surface area contributed by atoms with Gasteiger partial charge < -0.3 is 10.1 Å². The molecule has 4 aromatic rings. The first-order chi connectivity index (χ1) is 14.5. The number of halogens is 1. The van der Waals surface area contributed by atoms with Crippen molar-refractivity contribution < 1.29 is 13.9 Å². The number of carbonyl (C=O) groups is 1. The number of ether oxygens (including phenoxy) is 1. The number of amides is 1. The Bertz CT molecular complexity index is 1250. The number of hydrogen-bond donors (Lipinski definition) is 1. The van der Waals surface area contributed by atoms with Gasteiger partial charge in [-0.3, -0.25) is 14.2 Å². The van der Waals surface area contributed by atoms with Gasteiger partial charge in [0.25, 0.3) is 5.56 Å². The van der Waals surface area contributed by atoms with E-state index >= 15 is 0 Å². The van der Waals surface area contributed by atoms with Crippen molar-refractivity contribution in [2.75, 3.05) is 7.11 Å². The highest BCUT2D eigenvalue weighted by atomic mass is 19.1. The Kier molecular flexibility index (Phi) is 5.25. The summed E-state index contributed by atoms with van der Waals surface area (Å²) in [5, 5.41) is 7.26. The lowest BCUT2D eigenvalue weighted by Gasteiger charge is -2.08. The summed E-state index contributed by atoms with van der Waals surface area (Å²) in [4.78, 5) is 29.3. The van der Waals surface area contributed by atoms with Gasteiger partial charge in [-0.2, -0.15) is 5.10 Å². The van der Waals surface area contributed by atoms with Crippen molar-refractivity contribution in [2.45, 2.75) is 13.1 Å². The molecule has 30 heavy (non-hydrogen) atoms. The van der Waals surface area contributed by atoms with Crippen LogP contribution in [0, 0.1) is 5.82 Å². The molecule has 0 aliphatic heterocycles. The molecule has 0 saturated carbocycles. The van der Waals surface area contributed by atoms with E-state index in [1.165, 1.54) is 29.2 Å². The molecule has 0 aliphatic carbocycles. The van der Waals surface area contributed by atoms with Crippen LogP contribution in [0.3, 0.4) is 0 Å². The summed E-state index contributed by atoms with van der Waals surface area (Å²) in [7, 11) is 1.58. The molecule has 0 saturated heterocycles. The van der Waals surface area contributed by atoms with E-state index in [1.807, 2.05) is 0 Å². The number of methoxy groups -OCH3 is 1. The first-order valence-electron chi connectivity index (χ1n) is 9.14. The van der Waals surface area contributed by atoms with Crippen LogP contribution in [-0.2, 0) is 17.9 Å². The maximum atomic E-state index is 12.9. The minimum absolute atomic E-state index is 0.184. The molecule has 0 spiro atoms. The van der Waals surface area contributed by atoms with Gasteiger partial charge in [0.05, 0.1) is 19.0 Å². The van der Waals surface area contributed by atoms with Crippen LogP contribution < -0.4 is 15.6 Å². The third-order valence-electron chi connectivity index (χ3n) is 4.59. The molecule has 0 aliphatic rings. The number of nitrogens with one attached hydrogen (secondary N) is 1. The predicted octanol–water partition coefficient (Wildman–Crippen LogP) is 2.05. The number of fused-ring (bicyclic) bond motifs is 1. The van der Waals surface area contributed by atoms with Gasteiger partial charge in [0, 0.05) is 6.54 Å². The third kappa shape index (κ3) is 3.90. The molecule has 9 heteroatoms. The Labute approximate surface area is 170 Å². The van der Waals surface area contributed by atoms with Crippen LogP contribution in [0.2, 0.25) is 0 Å². The molecule has 0 atom stereocenters. The molecule has 2 aromatic heterocycles. The fourth-order valence-corrected chi connectivity index (χ4v) is 2.99. The fourth-order valence-electron chi connectivity index (χ4n) is 2.99. The average Bonchev–Trinajstić information content (AvgIpc) is 3.20. The van der Waals surface area contributed by atoms with E-state index < -0.39 is 0 Å². The molecule has 0 fully saturated rings. The fraction of sp³-hybridized carbons (Fsp3) is 0.143. The largest absolute Gasteiger partial charge is 0.497 e. The Hall–Kier alpha value is -4.01. The van der Waals surface area contributed by atoms with E-state index in [0.717, 1.165) is 11.3 Å². The molecule has 0 bridgehead atoms. The summed E-state index contributed by atoms with van der Waals surface area (Å²) in [6, 6.07) is 13.0. The first-order valence-corrected chi connectivity index (χ1v) is 9.14. The predicted molar refractivity (Wildman–Crippen MR) is 108 cm³/mol. The zero-order chi connectivity index (χ0) is 21.1. The molecule has 0 radical (unpaired) electrons. The Morgan fingerprint density at radius 1 is 1.13 bits per heavy atom. The molecule has 152 valence electrons. The minimum Gasteiger partial charge on any atom is -0.497 e. The molecule has 0 unspecified atom stereocenters. The van der Waals surface area contributed by atoms with Gasteiger partial charge in [-0.25, -0.2) is 14.1 Å². The number of hydrogen-bond acceptors (Lipinski definition) is 5. The van der Waals surface area contributed by atoms with Crippen LogP contribution in [0.1, 0.15) is 5.56 Å². The maximum Gasteiger partial charge on any atom is 0.264 e. The van der Waals surface area contributed by atoms with E-state index in [1.54, 1.807) is 48.2 Å². The first kappa shape index (κ1) is 19.3. The monoisotopic (exact) mass is 407 g/mol. The number of benzene rings is 2. The van der Waals surface area contributed by atoms with Crippen LogP contribution in [0.25, 0.3) is 16.7 Å². The number of rotatable bonds is 6. The van der Waals surface area contributed by atoms with Crippen LogP contribution in [0.15, 0.2) is 65.8 Å². The molecular weight excluding hydrogens is 389 g/mol. The second-order valence-electron chi connectivity index (χ2n) is 6.57. The zero-order valence-electron chi connectivity index (χ0n) is 16.1. The molecule has 1 amide bonds. The van der Waals surface area contributed by atoms with E-state index in [0.29, 0.717) is 16.8 Å². The third-order valence-corrected chi connectivity index (χ3v) is 4.59. The van der Waals surface area contributed by atoms with Gasteiger partial charge in [-0.05, 0) is 42.0 Å². The Morgan fingerprint density at radius 2 is 1.87 bits per heavy atom. The van der Waals surface area contributed by atoms with Crippen molar-refractivity contribution in [3.63, 3.8) is 0 Å². The van der Waals surface area contributed by atoms with Gasteiger partial charge in [-0.1, -0.05) is 12.1 Å². The standard InChI is InChI=1S/C21H18FN5O3/c1-30-17-8-6-16(7-9-17)27-20-18(11-25-27)21(29)26(13-24-20)12-19(28)23-10-14-2-4-15(22)5-3-14/h2-9,11,13H,10,12H2,1H3,(H,23,28). The van der Waals surface area contributed by atoms with Crippen molar-refractivity contribution in [3.05, 3.63) is 82.8 Å². The highest BCUT2D eigenvalue weighted by molar-refractivity contribution is 5.77. The smallest absolute Gasteiger partial charge is 0.264 e. The van der Waals surface area contributed by atoms with E-state index in [-0.39, 0.29) is 30.4 Å². The highest BCUT2D eigenvalue weighted by Gasteiger charge is 2.13.